The summed E-state index contributed by atoms with van der Waals surface area (Å²) in [6, 6.07) is 18.1. The number of aromatic nitrogens is 1. The highest BCUT2D eigenvalue weighted by Crippen LogP contribution is 2.29. The molecule has 0 fully saturated rings. The maximum Gasteiger partial charge on any atom is 0.250 e. The largest absolute Gasteiger partial charge is 0.349 e. The van der Waals surface area contributed by atoms with Crippen LogP contribution >= 0.6 is 11.3 Å². The minimum Gasteiger partial charge on any atom is -0.349 e. The molecule has 1 amide bonds. The van der Waals surface area contributed by atoms with E-state index in [1.54, 1.807) is 11.3 Å². The number of nitrogens with one attached hydrogen (secondary N) is 1. The summed E-state index contributed by atoms with van der Waals surface area (Å²) in [5, 5.41) is 14.6. The van der Waals surface area contributed by atoms with E-state index in [1.165, 1.54) is 0 Å². The lowest BCUT2D eigenvalue weighted by atomic mass is 9.94. The number of nitrogens with zero attached hydrogens (tertiary/aromatic N) is 3. The first kappa shape index (κ1) is 22.8. The third-order valence-corrected chi connectivity index (χ3v) is 6.69. The van der Waals surface area contributed by atoms with Crippen molar-refractivity contribution < 1.29 is 4.79 Å². The van der Waals surface area contributed by atoms with E-state index in [4.69, 9.17) is 0 Å². The molecule has 6 heteroatoms. The number of nitriles is 1. The Balaban J connectivity index is 1.64. The summed E-state index contributed by atoms with van der Waals surface area (Å²) in [5.74, 6) is 0.0158. The van der Waals surface area contributed by atoms with Crippen LogP contribution in [0.3, 0.4) is 0 Å². The average molecular weight is 457 g/mol. The number of rotatable bonds is 8. The molecule has 1 unspecified atom stereocenters. The van der Waals surface area contributed by atoms with Gasteiger partial charge in [-0.1, -0.05) is 55.8 Å². The lowest BCUT2D eigenvalue weighted by Gasteiger charge is -2.39. The minimum atomic E-state index is -0.0698. The van der Waals surface area contributed by atoms with Crippen LogP contribution in [0, 0.1) is 11.3 Å². The van der Waals surface area contributed by atoms with Crippen molar-refractivity contribution in [3.63, 3.8) is 0 Å². The van der Waals surface area contributed by atoms with E-state index in [2.05, 4.69) is 45.7 Å². The molecule has 0 radical (unpaired) electrons. The van der Waals surface area contributed by atoms with Crippen LogP contribution in [-0.2, 0) is 17.8 Å². The summed E-state index contributed by atoms with van der Waals surface area (Å²) in [4.78, 5) is 19.8. The molecule has 0 saturated carbocycles. The van der Waals surface area contributed by atoms with E-state index in [0.717, 1.165) is 52.9 Å². The Kier molecular flexibility index (Phi) is 7.21. The van der Waals surface area contributed by atoms with Crippen LogP contribution in [0.1, 0.15) is 49.9 Å². The van der Waals surface area contributed by atoms with Gasteiger partial charge in [0, 0.05) is 23.1 Å². The maximum absolute atomic E-state index is 13.1. The average Bonchev–Trinajstić information content (AvgIpc) is 3.35. The molecular formula is C27H28N4OS. The summed E-state index contributed by atoms with van der Waals surface area (Å²) in [6.07, 6.45) is 3.49. The molecule has 1 atom stereocenters. The number of carbonyl (C=O) groups is 1. The molecule has 0 spiro atoms. The first-order valence-corrected chi connectivity index (χ1v) is 12.3. The third kappa shape index (κ3) is 5.15. The highest BCUT2D eigenvalue weighted by molar-refractivity contribution is 7.07. The van der Waals surface area contributed by atoms with Crippen molar-refractivity contribution in [2.45, 2.75) is 52.2 Å². The number of hydrogen-bond acceptors (Lipinski definition) is 5. The zero-order chi connectivity index (χ0) is 23.2. The van der Waals surface area contributed by atoms with E-state index in [-0.39, 0.29) is 12.1 Å². The molecular weight excluding hydrogens is 428 g/mol. The van der Waals surface area contributed by atoms with Gasteiger partial charge < -0.3 is 10.2 Å². The standard InChI is InChI=1S/C27H28N4OS/c1-3-4-9-26-25(27(32)30-19(2)31(26)16-23-17-33-18-29-23)14-20-10-12-21(13-11-20)24-8-6-5-7-22(24)15-28/h5-8,10-13,17-19H,3-4,9,14,16H2,1-2H3,(H,30,32). The third-order valence-electron chi connectivity index (χ3n) is 6.05. The van der Waals surface area contributed by atoms with Crippen LogP contribution < -0.4 is 5.32 Å². The van der Waals surface area contributed by atoms with Crippen molar-refractivity contribution >= 4 is 17.2 Å². The number of unbranched alkanes of at least 4 members (excludes halogenated alkanes) is 1. The van der Waals surface area contributed by atoms with Crippen LogP contribution in [0.4, 0.5) is 0 Å². The highest BCUT2D eigenvalue weighted by Gasteiger charge is 2.30. The second kappa shape index (κ2) is 10.5. The summed E-state index contributed by atoms with van der Waals surface area (Å²) in [7, 11) is 0. The Labute approximate surface area is 199 Å². The van der Waals surface area contributed by atoms with Crippen molar-refractivity contribution in [2.24, 2.45) is 0 Å². The molecule has 2 aromatic carbocycles. The molecule has 1 aromatic heterocycles. The van der Waals surface area contributed by atoms with E-state index in [1.807, 2.05) is 48.8 Å². The zero-order valence-corrected chi connectivity index (χ0v) is 19.9. The van der Waals surface area contributed by atoms with Gasteiger partial charge in [0.1, 0.15) is 0 Å². The van der Waals surface area contributed by atoms with Crippen molar-refractivity contribution in [2.75, 3.05) is 0 Å². The normalized spacial score (nSPS) is 16.0. The molecule has 3 aromatic rings. The zero-order valence-electron chi connectivity index (χ0n) is 19.0. The fourth-order valence-corrected chi connectivity index (χ4v) is 4.82. The maximum atomic E-state index is 13.1. The van der Waals surface area contributed by atoms with E-state index in [0.29, 0.717) is 18.5 Å². The summed E-state index contributed by atoms with van der Waals surface area (Å²) in [5.41, 5.74) is 8.50. The van der Waals surface area contributed by atoms with Crippen molar-refractivity contribution in [3.05, 3.63) is 87.5 Å². The Morgan fingerprint density at radius 1 is 1.18 bits per heavy atom. The molecule has 33 heavy (non-hydrogen) atoms. The van der Waals surface area contributed by atoms with Gasteiger partial charge in [0.05, 0.1) is 35.5 Å². The van der Waals surface area contributed by atoms with Gasteiger partial charge in [-0.25, -0.2) is 4.98 Å². The minimum absolute atomic E-state index is 0.0158. The monoisotopic (exact) mass is 456 g/mol. The van der Waals surface area contributed by atoms with Crippen LogP contribution in [0.2, 0.25) is 0 Å². The van der Waals surface area contributed by atoms with E-state index >= 15 is 0 Å². The fourth-order valence-electron chi connectivity index (χ4n) is 4.28. The highest BCUT2D eigenvalue weighted by atomic mass is 32.1. The molecule has 0 bridgehead atoms. The number of amides is 1. The van der Waals surface area contributed by atoms with Crippen LogP contribution in [0.5, 0.6) is 0 Å². The fraction of sp³-hybridized carbons (Fsp3) is 0.296. The van der Waals surface area contributed by atoms with Gasteiger partial charge in [0.2, 0.25) is 0 Å². The predicted molar refractivity (Wildman–Crippen MR) is 132 cm³/mol. The lowest BCUT2D eigenvalue weighted by Crippen LogP contribution is -2.51. The van der Waals surface area contributed by atoms with Crippen molar-refractivity contribution in [1.29, 1.82) is 5.26 Å². The van der Waals surface area contributed by atoms with E-state index < -0.39 is 0 Å². The lowest BCUT2D eigenvalue weighted by molar-refractivity contribution is -0.120. The summed E-state index contributed by atoms with van der Waals surface area (Å²) < 4.78 is 0. The van der Waals surface area contributed by atoms with Gasteiger partial charge in [-0.3, -0.25) is 4.79 Å². The SMILES string of the molecule is CCCCC1=C(Cc2ccc(-c3ccccc3C#N)cc2)C(=O)NC(C)N1Cc1cscn1. The number of thiazole rings is 1. The van der Waals surface area contributed by atoms with Crippen LogP contribution in [0.25, 0.3) is 11.1 Å². The quantitative estimate of drug-likeness (QED) is 0.476. The van der Waals surface area contributed by atoms with Gasteiger partial charge >= 0.3 is 0 Å². The summed E-state index contributed by atoms with van der Waals surface area (Å²) >= 11 is 1.59. The first-order chi connectivity index (χ1) is 16.1. The molecule has 0 aliphatic carbocycles. The first-order valence-electron chi connectivity index (χ1n) is 11.4. The topological polar surface area (TPSA) is 69.0 Å². The van der Waals surface area contributed by atoms with Crippen molar-refractivity contribution in [3.8, 4) is 17.2 Å². The van der Waals surface area contributed by atoms with Crippen molar-refractivity contribution in [1.82, 2.24) is 15.2 Å². The molecule has 5 nitrogen and oxygen atoms in total. The van der Waals surface area contributed by atoms with E-state index in [9.17, 15) is 10.1 Å². The molecule has 0 saturated heterocycles. The number of carbonyl (C=O) groups excluding carboxylic acids is 1. The van der Waals surface area contributed by atoms with Gasteiger partial charge in [-0.05, 0) is 42.5 Å². The van der Waals surface area contributed by atoms with Gasteiger partial charge in [0.25, 0.3) is 5.91 Å². The van der Waals surface area contributed by atoms with Gasteiger partial charge in [0.15, 0.2) is 0 Å². The smallest absolute Gasteiger partial charge is 0.250 e. The number of allylic oxidation sites excluding steroid dienone is 1. The Morgan fingerprint density at radius 3 is 2.67 bits per heavy atom. The molecule has 4 rings (SSSR count). The number of hydrogen-bond donors (Lipinski definition) is 1. The van der Waals surface area contributed by atoms with Gasteiger partial charge in [-0.2, -0.15) is 5.26 Å². The van der Waals surface area contributed by atoms with Gasteiger partial charge in [-0.15, -0.1) is 11.3 Å². The van der Waals surface area contributed by atoms with Crippen LogP contribution in [0.15, 0.2) is 70.7 Å². The molecule has 1 N–H and O–H groups in total. The Morgan fingerprint density at radius 2 is 1.97 bits per heavy atom. The molecule has 1 aliphatic rings. The molecule has 1 aliphatic heterocycles. The second-order valence-corrected chi connectivity index (χ2v) is 9.04. The summed E-state index contributed by atoms with van der Waals surface area (Å²) in [6.45, 7) is 4.90. The Hall–Kier alpha value is -3.43. The predicted octanol–water partition coefficient (Wildman–Crippen LogP) is 5.65. The molecule has 168 valence electrons. The molecule has 2 heterocycles. The second-order valence-electron chi connectivity index (χ2n) is 8.32. The van der Waals surface area contributed by atoms with Crippen LogP contribution in [-0.4, -0.2) is 22.0 Å². The number of benzene rings is 2. The Bertz CT molecular complexity index is 1180.